The molecule has 0 unspecified atom stereocenters. The minimum absolute atomic E-state index is 0.0507. The number of hydrogen-bond acceptors (Lipinski definition) is 5. The van der Waals surface area contributed by atoms with E-state index < -0.39 is 15.9 Å². The Kier molecular flexibility index (Phi) is 6.24. The van der Waals surface area contributed by atoms with E-state index in [1.54, 1.807) is 0 Å². The summed E-state index contributed by atoms with van der Waals surface area (Å²) in [6.07, 6.45) is 0.957. The fourth-order valence-corrected chi connectivity index (χ4v) is 5.13. The minimum atomic E-state index is -3.95. The van der Waals surface area contributed by atoms with Gasteiger partial charge in [-0.3, -0.25) is 10.0 Å². The van der Waals surface area contributed by atoms with E-state index in [2.05, 4.69) is 0 Å². The van der Waals surface area contributed by atoms with Crippen LogP contribution < -0.4 is 10.2 Å². The second-order valence-electron chi connectivity index (χ2n) is 6.59. The number of hydroxylamine groups is 1. The zero-order valence-electron chi connectivity index (χ0n) is 15.3. The van der Waals surface area contributed by atoms with Crippen molar-refractivity contribution >= 4 is 27.5 Å². The molecule has 0 aliphatic carbocycles. The molecule has 1 heterocycles. The van der Waals surface area contributed by atoms with Gasteiger partial charge in [0.25, 0.3) is 5.91 Å². The first-order chi connectivity index (χ1) is 13.3. The van der Waals surface area contributed by atoms with Gasteiger partial charge in [-0.2, -0.15) is 4.31 Å². The predicted molar refractivity (Wildman–Crippen MR) is 104 cm³/mol. The van der Waals surface area contributed by atoms with Gasteiger partial charge in [-0.15, -0.1) is 0 Å². The van der Waals surface area contributed by atoms with Crippen LogP contribution in [0.5, 0.6) is 5.75 Å². The lowest BCUT2D eigenvalue weighted by Crippen LogP contribution is -2.42. The van der Waals surface area contributed by atoms with Crippen molar-refractivity contribution in [3.63, 3.8) is 0 Å². The largest absolute Gasteiger partial charge is 0.490 e. The third-order valence-electron chi connectivity index (χ3n) is 4.65. The lowest BCUT2D eigenvalue weighted by atomic mass is 10.1. The number of aryl methyl sites for hydroxylation is 1. The second-order valence-corrected chi connectivity index (χ2v) is 8.90. The molecule has 28 heavy (non-hydrogen) atoms. The fraction of sp³-hybridized carbons (Fsp3) is 0.316. The van der Waals surface area contributed by atoms with Crippen LogP contribution >= 0.6 is 11.6 Å². The zero-order chi connectivity index (χ0) is 20.3. The predicted octanol–water partition coefficient (Wildman–Crippen LogP) is 3.00. The van der Waals surface area contributed by atoms with Gasteiger partial charge in [-0.25, -0.2) is 13.9 Å². The van der Waals surface area contributed by atoms with Gasteiger partial charge >= 0.3 is 0 Å². The average molecular weight is 425 g/mol. The molecule has 2 aromatic carbocycles. The van der Waals surface area contributed by atoms with Crippen LogP contribution in [0, 0.1) is 6.92 Å². The maximum atomic E-state index is 13.0. The van der Waals surface area contributed by atoms with Gasteiger partial charge < -0.3 is 4.74 Å². The first-order valence-electron chi connectivity index (χ1n) is 8.79. The topological polar surface area (TPSA) is 95.9 Å². The van der Waals surface area contributed by atoms with Gasteiger partial charge in [-0.1, -0.05) is 35.4 Å². The number of nitrogens with one attached hydrogen (secondary N) is 1. The van der Waals surface area contributed by atoms with Crippen LogP contribution in [0.2, 0.25) is 5.02 Å². The highest BCUT2D eigenvalue weighted by molar-refractivity contribution is 7.89. The van der Waals surface area contributed by atoms with E-state index in [0.29, 0.717) is 12.8 Å². The first-order valence-corrected chi connectivity index (χ1v) is 10.6. The number of rotatable bonds is 5. The van der Waals surface area contributed by atoms with Crippen molar-refractivity contribution in [1.82, 2.24) is 9.79 Å². The highest BCUT2D eigenvalue weighted by Gasteiger charge is 2.33. The lowest BCUT2D eigenvalue weighted by Gasteiger charge is -2.31. The molecule has 3 rings (SSSR count). The zero-order valence-corrected chi connectivity index (χ0v) is 16.8. The summed E-state index contributed by atoms with van der Waals surface area (Å²) in [6.45, 7) is 2.51. The SMILES string of the molecule is Cc1ccc(OC2CCN(S(=O)(=O)c3cccc(Cl)c3C(=O)NO)CC2)cc1. The number of piperidine rings is 1. The number of sulfonamides is 1. The summed E-state index contributed by atoms with van der Waals surface area (Å²) >= 11 is 6.00. The standard InChI is InChI=1S/C19H21ClN2O5S/c1-13-5-7-14(8-6-13)27-15-9-11-22(12-10-15)28(25,26)17-4-2-3-16(20)18(17)19(23)21-24/h2-8,15,24H,9-12H2,1H3,(H,21,23). The molecule has 2 N–H and O–H groups in total. The maximum absolute atomic E-state index is 13.0. The van der Waals surface area contributed by atoms with Crippen LogP contribution in [0.15, 0.2) is 47.4 Å². The molecule has 9 heteroatoms. The average Bonchev–Trinajstić information content (AvgIpc) is 2.69. The molecule has 2 aromatic rings. The quantitative estimate of drug-likeness (QED) is 0.568. The van der Waals surface area contributed by atoms with Crippen molar-refractivity contribution in [2.75, 3.05) is 13.1 Å². The van der Waals surface area contributed by atoms with Crippen molar-refractivity contribution in [1.29, 1.82) is 0 Å². The number of benzene rings is 2. The molecule has 0 bridgehead atoms. The number of carbonyl (C=O) groups is 1. The first kappa shape index (κ1) is 20.6. The molecule has 1 aliphatic heterocycles. The molecule has 1 amide bonds. The van der Waals surface area contributed by atoms with Crippen molar-refractivity contribution < 1.29 is 23.2 Å². The number of nitrogens with zero attached hydrogens (tertiary/aromatic N) is 1. The molecule has 0 spiro atoms. The van der Waals surface area contributed by atoms with Crippen molar-refractivity contribution in [3.8, 4) is 5.75 Å². The van der Waals surface area contributed by atoms with Crippen LogP contribution in [0.3, 0.4) is 0 Å². The molecular weight excluding hydrogens is 404 g/mol. The van der Waals surface area contributed by atoms with Gasteiger partial charge in [-0.05, 0) is 44.0 Å². The van der Waals surface area contributed by atoms with Gasteiger partial charge in [0, 0.05) is 13.1 Å². The highest BCUT2D eigenvalue weighted by atomic mass is 35.5. The van der Waals surface area contributed by atoms with Crippen LogP contribution in [0.25, 0.3) is 0 Å². The molecule has 0 atom stereocenters. The Morgan fingerprint density at radius 3 is 2.43 bits per heavy atom. The molecule has 150 valence electrons. The molecular formula is C19H21ClN2O5S. The Balaban J connectivity index is 1.74. The molecule has 0 radical (unpaired) electrons. The molecule has 1 fully saturated rings. The lowest BCUT2D eigenvalue weighted by molar-refractivity contribution is 0.0702. The summed E-state index contributed by atoms with van der Waals surface area (Å²) in [7, 11) is -3.95. The van der Waals surface area contributed by atoms with Crippen molar-refractivity contribution in [3.05, 3.63) is 58.6 Å². The third kappa shape index (κ3) is 4.30. The fourth-order valence-electron chi connectivity index (χ4n) is 3.13. The summed E-state index contributed by atoms with van der Waals surface area (Å²) in [5.74, 6) is -0.217. The number of halogens is 1. The van der Waals surface area contributed by atoms with E-state index in [1.807, 2.05) is 31.2 Å². The Morgan fingerprint density at radius 1 is 1.18 bits per heavy atom. The molecule has 1 saturated heterocycles. The van der Waals surface area contributed by atoms with Gasteiger partial charge in [0.2, 0.25) is 10.0 Å². The van der Waals surface area contributed by atoms with Crippen LogP contribution in [0.1, 0.15) is 28.8 Å². The summed E-state index contributed by atoms with van der Waals surface area (Å²) in [6, 6.07) is 11.9. The minimum Gasteiger partial charge on any atom is -0.490 e. The van der Waals surface area contributed by atoms with Crippen molar-refractivity contribution in [2.24, 2.45) is 0 Å². The van der Waals surface area contributed by atoms with E-state index in [0.717, 1.165) is 11.3 Å². The Morgan fingerprint density at radius 2 is 1.82 bits per heavy atom. The van der Waals surface area contributed by atoms with Crippen LogP contribution in [-0.2, 0) is 10.0 Å². The van der Waals surface area contributed by atoms with Crippen molar-refractivity contribution in [2.45, 2.75) is 30.8 Å². The van der Waals surface area contributed by atoms with Gasteiger partial charge in [0.05, 0.1) is 15.5 Å². The van der Waals surface area contributed by atoms with Gasteiger partial charge in [0.1, 0.15) is 11.9 Å². The second kappa shape index (κ2) is 8.48. The Labute approximate surface area is 168 Å². The summed E-state index contributed by atoms with van der Waals surface area (Å²) in [5.41, 5.74) is 2.31. The summed E-state index contributed by atoms with van der Waals surface area (Å²) < 4.78 is 33.3. The Bertz CT molecular complexity index is 955. The molecule has 1 aliphatic rings. The number of hydrogen-bond donors (Lipinski definition) is 2. The van der Waals surface area contributed by atoms with Crippen LogP contribution in [0.4, 0.5) is 0 Å². The number of amides is 1. The Hall–Kier alpha value is -2.13. The summed E-state index contributed by atoms with van der Waals surface area (Å²) in [4.78, 5) is 11.7. The molecule has 0 saturated carbocycles. The molecule has 0 aromatic heterocycles. The van der Waals surface area contributed by atoms with E-state index >= 15 is 0 Å². The maximum Gasteiger partial charge on any atom is 0.277 e. The molecule has 7 nitrogen and oxygen atoms in total. The van der Waals surface area contributed by atoms with E-state index in [1.165, 1.54) is 28.0 Å². The third-order valence-corrected chi connectivity index (χ3v) is 6.90. The van der Waals surface area contributed by atoms with E-state index in [-0.39, 0.29) is 34.7 Å². The monoisotopic (exact) mass is 424 g/mol. The normalized spacial score (nSPS) is 16.0. The number of carbonyl (C=O) groups excluding carboxylic acids is 1. The van der Waals surface area contributed by atoms with Crippen LogP contribution in [-0.4, -0.2) is 43.0 Å². The van der Waals surface area contributed by atoms with E-state index in [9.17, 15) is 13.2 Å². The smallest absolute Gasteiger partial charge is 0.277 e. The van der Waals surface area contributed by atoms with Gasteiger partial charge in [0.15, 0.2) is 0 Å². The number of ether oxygens (including phenoxy) is 1. The summed E-state index contributed by atoms with van der Waals surface area (Å²) in [5, 5.41) is 8.87. The van der Waals surface area contributed by atoms with E-state index in [4.69, 9.17) is 21.5 Å². The highest BCUT2D eigenvalue weighted by Crippen LogP contribution is 2.29.